The van der Waals surface area contributed by atoms with Crippen molar-refractivity contribution in [2.75, 3.05) is 0 Å². The van der Waals surface area contributed by atoms with E-state index in [2.05, 4.69) is 21.0 Å². The third-order valence-electron chi connectivity index (χ3n) is 3.39. The van der Waals surface area contributed by atoms with Gasteiger partial charge in [-0.25, -0.2) is 9.37 Å². The monoisotopic (exact) mass is 308 g/mol. The predicted octanol–water partition coefficient (Wildman–Crippen LogP) is 4.53. The van der Waals surface area contributed by atoms with Crippen molar-refractivity contribution < 1.29 is 4.39 Å². The molecule has 0 spiro atoms. The van der Waals surface area contributed by atoms with Crippen LogP contribution in [0.4, 0.5) is 4.39 Å². The number of thiophene rings is 1. The van der Waals surface area contributed by atoms with Crippen molar-refractivity contribution >= 4 is 34.0 Å². The summed E-state index contributed by atoms with van der Waals surface area (Å²) in [6.07, 6.45) is 0.934. The molecule has 0 N–H and O–H groups in total. The predicted molar refractivity (Wildman–Crippen MR) is 82.0 cm³/mol. The number of hydrogen-bond acceptors (Lipinski definition) is 2. The van der Waals surface area contributed by atoms with Crippen molar-refractivity contribution in [1.29, 1.82) is 0 Å². The summed E-state index contributed by atoms with van der Waals surface area (Å²) in [7, 11) is 0. The number of nitrogens with zero attached hydrogens (tertiary/aromatic N) is 2. The molecule has 20 heavy (non-hydrogen) atoms. The molecule has 0 aliphatic heterocycles. The van der Waals surface area contributed by atoms with Gasteiger partial charge in [0, 0.05) is 17.5 Å². The Hall–Kier alpha value is -1.39. The second-order valence-corrected chi connectivity index (χ2v) is 6.03. The number of hydrogen-bond donors (Lipinski definition) is 0. The average molecular weight is 309 g/mol. The van der Waals surface area contributed by atoms with Crippen molar-refractivity contribution in [1.82, 2.24) is 9.55 Å². The van der Waals surface area contributed by atoms with E-state index in [1.807, 2.05) is 12.1 Å². The van der Waals surface area contributed by atoms with Crippen LogP contribution in [0, 0.1) is 12.7 Å². The molecule has 0 fully saturated rings. The molecule has 0 saturated carbocycles. The Morgan fingerprint density at radius 3 is 2.95 bits per heavy atom. The summed E-state index contributed by atoms with van der Waals surface area (Å²) >= 11 is 7.71. The number of aryl methyl sites for hydroxylation is 3. The fourth-order valence-corrected chi connectivity index (χ4v) is 3.23. The van der Waals surface area contributed by atoms with E-state index in [1.165, 1.54) is 10.9 Å². The molecular formula is C15H14ClFN2S. The van der Waals surface area contributed by atoms with E-state index < -0.39 is 0 Å². The summed E-state index contributed by atoms with van der Waals surface area (Å²) in [5, 5.41) is 2.07. The van der Waals surface area contributed by atoms with Gasteiger partial charge in [-0.1, -0.05) is 6.07 Å². The first-order valence-corrected chi connectivity index (χ1v) is 7.84. The molecular weight excluding hydrogens is 295 g/mol. The van der Waals surface area contributed by atoms with Gasteiger partial charge in [0.2, 0.25) is 0 Å². The number of halogens is 2. The molecule has 2 aromatic heterocycles. The minimum Gasteiger partial charge on any atom is -0.327 e. The lowest BCUT2D eigenvalue weighted by Crippen LogP contribution is -2.04. The van der Waals surface area contributed by atoms with Gasteiger partial charge in [0.1, 0.15) is 11.6 Å². The molecule has 2 heterocycles. The van der Waals surface area contributed by atoms with Gasteiger partial charge >= 0.3 is 0 Å². The van der Waals surface area contributed by atoms with Crippen molar-refractivity contribution in [3.63, 3.8) is 0 Å². The molecule has 0 aliphatic rings. The Morgan fingerprint density at radius 2 is 2.25 bits per heavy atom. The van der Waals surface area contributed by atoms with E-state index in [1.54, 1.807) is 18.3 Å². The van der Waals surface area contributed by atoms with Crippen molar-refractivity contribution in [2.24, 2.45) is 0 Å². The Morgan fingerprint density at radius 1 is 1.40 bits per heavy atom. The lowest BCUT2D eigenvalue weighted by Gasteiger charge is -2.07. The molecule has 0 amide bonds. The van der Waals surface area contributed by atoms with Crippen LogP contribution >= 0.6 is 22.9 Å². The zero-order valence-electron chi connectivity index (χ0n) is 11.1. The first kappa shape index (κ1) is 13.6. The highest BCUT2D eigenvalue weighted by molar-refractivity contribution is 7.09. The number of benzene rings is 1. The smallest absolute Gasteiger partial charge is 0.128 e. The maximum atomic E-state index is 13.6. The summed E-state index contributed by atoms with van der Waals surface area (Å²) in [5.74, 6) is 0.907. The van der Waals surface area contributed by atoms with Crippen LogP contribution < -0.4 is 0 Å². The number of alkyl halides is 1. The van der Waals surface area contributed by atoms with Gasteiger partial charge in [-0.15, -0.1) is 22.9 Å². The number of rotatable bonds is 4. The fraction of sp³-hybridized carbons (Fsp3) is 0.267. The summed E-state index contributed by atoms with van der Waals surface area (Å²) in [6.45, 7) is 2.58. The highest BCUT2D eigenvalue weighted by Crippen LogP contribution is 2.22. The van der Waals surface area contributed by atoms with E-state index in [4.69, 9.17) is 11.6 Å². The van der Waals surface area contributed by atoms with E-state index >= 15 is 0 Å². The standard InChI is InChI=1S/C15H14ClFN2S/c1-10-7-14-13(8-12(10)17)18-15(9-16)19(14)5-4-11-3-2-6-20-11/h2-3,6-8H,4-5,9H2,1H3. The van der Waals surface area contributed by atoms with Crippen LogP contribution in [0.3, 0.4) is 0 Å². The zero-order chi connectivity index (χ0) is 14.1. The van der Waals surface area contributed by atoms with Crippen molar-refractivity contribution in [2.45, 2.75) is 25.8 Å². The molecule has 0 aliphatic carbocycles. The van der Waals surface area contributed by atoms with Crippen LogP contribution in [0.2, 0.25) is 0 Å². The first-order chi connectivity index (χ1) is 9.69. The highest BCUT2D eigenvalue weighted by atomic mass is 35.5. The Bertz CT molecular complexity index is 734. The Labute approximate surface area is 125 Å². The SMILES string of the molecule is Cc1cc2c(cc1F)nc(CCl)n2CCc1cccs1. The first-order valence-electron chi connectivity index (χ1n) is 6.42. The molecule has 0 unspecified atom stereocenters. The average Bonchev–Trinajstić information content (AvgIpc) is 3.05. The van der Waals surface area contributed by atoms with E-state index in [-0.39, 0.29) is 5.82 Å². The molecule has 5 heteroatoms. The third-order valence-corrected chi connectivity index (χ3v) is 4.56. The van der Waals surface area contributed by atoms with Crippen LogP contribution in [0.15, 0.2) is 29.6 Å². The fourth-order valence-electron chi connectivity index (χ4n) is 2.33. The maximum Gasteiger partial charge on any atom is 0.128 e. The molecule has 3 aromatic rings. The molecule has 3 rings (SSSR count). The van der Waals surface area contributed by atoms with Crippen LogP contribution in [0.25, 0.3) is 11.0 Å². The van der Waals surface area contributed by atoms with E-state index in [0.29, 0.717) is 17.0 Å². The van der Waals surface area contributed by atoms with Crippen LogP contribution in [0.5, 0.6) is 0 Å². The largest absolute Gasteiger partial charge is 0.327 e. The number of imidazole rings is 1. The minimum absolute atomic E-state index is 0.221. The Kier molecular flexibility index (Phi) is 3.76. The third kappa shape index (κ3) is 2.45. The van der Waals surface area contributed by atoms with Gasteiger partial charge in [-0.05, 0) is 36.4 Å². The van der Waals surface area contributed by atoms with Crippen LogP contribution in [0.1, 0.15) is 16.3 Å². The van der Waals surface area contributed by atoms with Crippen LogP contribution in [-0.4, -0.2) is 9.55 Å². The maximum absolute atomic E-state index is 13.6. The zero-order valence-corrected chi connectivity index (χ0v) is 12.6. The summed E-state index contributed by atoms with van der Waals surface area (Å²) in [5.41, 5.74) is 2.27. The molecule has 0 saturated heterocycles. The normalized spacial score (nSPS) is 11.3. The molecule has 0 radical (unpaired) electrons. The summed E-state index contributed by atoms with van der Waals surface area (Å²) < 4.78 is 15.7. The second kappa shape index (κ2) is 5.54. The summed E-state index contributed by atoms with van der Waals surface area (Å²) in [6, 6.07) is 7.51. The molecule has 0 bridgehead atoms. The molecule has 1 aromatic carbocycles. The Balaban J connectivity index is 2.01. The number of aromatic nitrogens is 2. The van der Waals surface area contributed by atoms with Crippen molar-refractivity contribution in [3.8, 4) is 0 Å². The highest BCUT2D eigenvalue weighted by Gasteiger charge is 2.12. The van der Waals surface area contributed by atoms with Gasteiger partial charge < -0.3 is 4.57 Å². The van der Waals surface area contributed by atoms with Crippen molar-refractivity contribution in [3.05, 3.63) is 51.7 Å². The van der Waals surface area contributed by atoms with Gasteiger partial charge in [-0.3, -0.25) is 0 Å². The number of fused-ring (bicyclic) bond motifs is 1. The minimum atomic E-state index is -0.221. The van der Waals surface area contributed by atoms with Gasteiger partial charge in [0.25, 0.3) is 0 Å². The van der Waals surface area contributed by atoms with Crippen LogP contribution in [-0.2, 0) is 18.8 Å². The summed E-state index contributed by atoms with van der Waals surface area (Å²) in [4.78, 5) is 5.75. The molecule has 104 valence electrons. The lowest BCUT2D eigenvalue weighted by molar-refractivity contribution is 0.620. The van der Waals surface area contributed by atoms with Gasteiger partial charge in [0.15, 0.2) is 0 Å². The lowest BCUT2D eigenvalue weighted by atomic mass is 10.2. The molecule has 0 atom stereocenters. The topological polar surface area (TPSA) is 17.8 Å². The quantitative estimate of drug-likeness (QED) is 0.648. The van der Waals surface area contributed by atoms with E-state index in [0.717, 1.165) is 24.3 Å². The second-order valence-electron chi connectivity index (χ2n) is 4.73. The van der Waals surface area contributed by atoms with E-state index in [9.17, 15) is 4.39 Å². The molecule has 2 nitrogen and oxygen atoms in total. The van der Waals surface area contributed by atoms with Gasteiger partial charge in [0.05, 0.1) is 16.9 Å². The van der Waals surface area contributed by atoms with Gasteiger partial charge in [-0.2, -0.15) is 0 Å².